The Hall–Kier alpha value is -3.14. The molecule has 8 nitrogen and oxygen atoms in total. The van der Waals surface area contributed by atoms with Crippen LogP contribution >= 0.6 is 35.4 Å². The van der Waals surface area contributed by atoms with Crippen molar-refractivity contribution in [2.24, 2.45) is 0 Å². The monoisotopic (exact) mass is 494 g/mol. The molecular formula is C21H16Cl2N2O6S. The van der Waals surface area contributed by atoms with Crippen LogP contribution in [0.3, 0.4) is 0 Å². The molecule has 0 spiro atoms. The van der Waals surface area contributed by atoms with Gasteiger partial charge in [0.15, 0.2) is 22.7 Å². The minimum absolute atomic E-state index is 0.0542. The topological polar surface area (TPSA) is 105 Å². The molecule has 2 N–H and O–H groups in total. The number of para-hydroxylation sites is 1. The summed E-state index contributed by atoms with van der Waals surface area (Å²) in [6, 6.07) is 9.36. The third-order valence-corrected chi connectivity index (χ3v) is 5.54. The first kappa shape index (κ1) is 23.5. The Bertz CT molecular complexity index is 1170. The quantitative estimate of drug-likeness (QED) is 0.358. The van der Waals surface area contributed by atoms with E-state index < -0.39 is 23.9 Å². The molecule has 1 aliphatic heterocycles. The maximum absolute atomic E-state index is 13.3. The number of ether oxygens (including phenoxy) is 2. The fourth-order valence-corrected chi connectivity index (χ4v) is 3.51. The molecule has 0 unspecified atom stereocenters. The fraction of sp³-hybridized carbons (Fsp3) is 0.143. The number of aliphatic carboxylic acids is 1. The Balaban J connectivity index is 2.10. The Labute approximate surface area is 198 Å². The van der Waals surface area contributed by atoms with Crippen LogP contribution in [0.2, 0.25) is 10.0 Å². The van der Waals surface area contributed by atoms with Gasteiger partial charge in [-0.05, 0) is 43.4 Å². The summed E-state index contributed by atoms with van der Waals surface area (Å²) < 4.78 is 10.8. The summed E-state index contributed by atoms with van der Waals surface area (Å²) in [6.07, 6.45) is 0.0470. The highest BCUT2D eigenvalue weighted by atomic mass is 35.5. The predicted molar refractivity (Wildman–Crippen MR) is 123 cm³/mol. The second kappa shape index (κ2) is 9.56. The number of nitrogens with zero attached hydrogens (tertiary/aromatic N) is 1. The van der Waals surface area contributed by atoms with E-state index in [1.807, 2.05) is 0 Å². The first-order valence-electron chi connectivity index (χ1n) is 9.07. The van der Waals surface area contributed by atoms with Gasteiger partial charge in [-0.15, -0.1) is 0 Å². The molecule has 1 atom stereocenters. The maximum atomic E-state index is 13.3. The summed E-state index contributed by atoms with van der Waals surface area (Å²) in [5, 5.41) is 11.8. The van der Waals surface area contributed by atoms with Gasteiger partial charge in [0.05, 0.1) is 22.8 Å². The largest absolute Gasteiger partial charge is 0.493 e. The zero-order valence-corrected chi connectivity index (χ0v) is 19.0. The molecule has 1 saturated heterocycles. The van der Waals surface area contributed by atoms with Gasteiger partial charge in [0, 0.05) is 5.56 Å². The van der Waals surface area contributed by atoms with Crippen LogP contribution < -0.4 is 19.7 Å². The number of carboxylic acid groups (broad SMARTS) is 1. The lowest BCUT2D eigenvalue weighted by molar-refractivity contribution is -0.144. The number of methoxy groups -OCH3 is 1. The lowest BCUT2D eigenvalue weighted by Crippen LogP contribution is -2.54. The molecule has 0 bridgehead atoms. The summed E-state index contributed by atoms with van der Waals surface area (Å²) in [6.45, 7) is 1.34. The number of benzene rings is 2. The number of amides is 2. The first-order valence-corrected chi connectivity index (χ1v) is 10.2. The SMILES string of the molecule is COc1cccc(/C=C2\C(=O)NC(=S)N(c3cccc(Cl)c3Cl)C2=O)c1O[C@H](C)C(=O)O. The number of hydrogen-bond donors (Lipinski definition) is 2. The molecule has 2 amide bonds. The second-order valence-electron chi connectivity index (χ2n) is 6.51. The number of carbonyl (C=O) groups excluding carboxylic acids is 2. The molecule has 0 radical (unpaired) electrons. The summed E-state index contributed by atoms with van der Waals surface area (Å²) in [5.41, 5.74) is 0.165. The van der Waals surface area contributed by atoms with Crippen molar-refractivity contribution in [2.75, 3.05) is 12.0 Å². The number of thiocarbonyl (C=S) groups is 1. The van der Waals surface area contributed by atoms with Crippen LogP contribution in [-0.4, -0.2) is 41.2 Å². The third-order valence-electron chi connectivity index (χ3n) is 4.45. The van der Waals surface area contributed by atoms with Gasteiger partial charge < -0.3 is 14.6 Å². The molecule has 2 aromatic rings. The molecule has 2 aromatic carbocycles. The third kappa shape index (κ3) is 4.55. The number of carboxylic acids is 1. The number of nitrogens with one attached hydrogen (secondary N) is 1. The highest BCUT2D eigenvalue weighted by Crippen LogP contribution is 2.36. The molecule has 1 heterocycles. The molecule has 3 rings (SSSR count). The Kier molecular flexibility index (Phi) is 7.02. The van der Waals surface area contributed by atoms with Crippen LogP contribution in [-0.2, 0) is 14.4 Å². The van der Waals surface area contributed by atoms with E-state index in [1.165, 1.54) is 26.2 Å². The van der Waals surface area contributed by atoms with Crippen molar-refractivity contribution in [3.63, 3.8) is 0 Å². The van der Waals surface area contributed by atoms with Crippen LogP contribution in [0.5, 0.6) is 11.5 Å². The van der Waals surface area contributed by atoms with E-state index in [1.54, 1.807) is 30.3 Å². The van der Waals surface area contributed by atoms with Crippen LogP contribution in [0.1, 0.15) is 12.5 Å². The molecule has 166 valence electrons. The molecule has 1 aliphatic rings. The number of rotatable bonds is 6. The van der Waals surface area contributed by atoms with Gasteiger partial charge in [0.1, 0.15) is 5.57 Å². The van der Waals surface area contributed by atoms with Gasteiger partial charge in [-0.2, -0.15) is 0 Å². The summed E-state index contributed by atoms with van der Waals surface area (Å²) in [4.78, 5) is 38.2. The summed E-state index contributed by atoms with van der Waals surface area (Å²) >= 11 is 17.5. The Morgan fingerprint density at radius 1 is 1.22 bits per heavy atom. The standard InChI is InChI=1S/C21H16Cl2N2O6S/c1-10(20(28)29)31-17-11(5-3-8-15(17)30-2)9-12-18(26)24-21(32)25(19(12)27)14-7-4-6-13(22)16(14)23/h3-10H,1-2H3,(H,28,29)(H,24,26,32)/b12-9+/t10-/m1/s1. The fourth-order valence-electron chi connectivity index (χ4n) is 2.86. The summed E-state index contributed by atoms with van der Waals surface area (Å²) in [7, 11) is 1.38. The molecule has 1 fully saturated rings. The van der Waals surface area contributed by atoms with Gasteiger partial charge in [-0.3, -0.25) is 19.8 Å². The van der Waals surface area contributed by atoms with Gasteiger partial charge in [0.25, 0.3) is 11.8 Å². The van der Waals surface area contributed by atoms with Crippen molar-refractivity contribution < 1.29 is 29.0 Å². The number of halogens is 2. The lowest BCUT2D eigenvalue weighted by Gasteiger charge is -2.29. The van der Waals surface area contributed by atoms with Crippen molar-refractivity contribution in [3.8, 4) is 11.5 Å². The normalized spacial score (nSPS) is 16.1. The van der Waals surface area contributed by atoms with E-state index in [2.05, 4.69) is 5.32 Å². The highest BCUT2D eigenvalue weighted by molar-refractivity contribution is 7.80. The van der Waals surface area contributed by atoms with Crippen LogP contribution in [0.15, 0.2) is 42.0 Å². The minimum atomic E-state index is -1.21. The molecule has 11 heteroatoms. The Morgan fingerprint density at radius 2 is 1.91 bits per heavy atom. The number of hydrogen-bond acceptors (Lipinski definition) is 6. The predicted octanol–water partition coefficient (Wildman–Crippen LogP) is 3.69. The smallest absolute Gasteiger partial charge is 0.344 e. The minimum Gasteiger partial charge on any atom is -0.493 e. The molecule has 32 heavy (non-hydrogen) atoms. The maximum Gasteiger partial charge on any atom is 0.344 e. The zero-order valence-electron chi connectivity index (χ0n) is 16.7. The van der Waals surface area contributed by atoms with Crippen molar-refractivity contribution in [2.45, 2.75) is 13.0 Å². The number of carbonyl (C=O) groups is 3. The van der Waals surface area contributed by atoms with E-state index >= 15 is 0 Å². The van der Waals surface area contributed by atoms with Crippen LogP contribution in [0, 0.1) is 0 Å². The Morgan fingerprint density at radius 3 is 2.56 bits per heavy atom. The zero-order chi connectivity index (χ0) is 23.6. The van der Waals surface area contributed by atoms with E-state index in [9.17, 15) is 19.5 Å². The van der Waals surface area contributed by atoms with Crippen LogP contribution in [0.25, 0.3) is 6.08 Å². The van der Waals surface area contributed by atoms with E-state index in [0.717, 1.165) is 4.90 Å². The average Bonchev–Trinajstić information content (AvgIpc) is 2.74. The van der Waals surface area contributed by atoms with E-state index in [0.29, 0.717) is 0 Å². The van der Waals surface area contributed by atoms with Gasteiger partial charge in [-0.1, -0.05) is 41.4 Å². The van der Waals surface area contributed by atoms with Crippen molar-refractivity contribution >= 4 is 70.1 Å². The van der Waals surface area contributed by atoms with Crippen molar-refractivity contribution in [1.29, 1.82) is 0 Å². The number of anilines is 1. The van der Waals surface area contributed by atoms with Gasteiger partial charge >= 0.3 is 5.97 Å². The van der Waals surface area contributed by atoms with Crippen LogP contribution in [0.4, 0.5) is 5.69 Å². The van der Waals surface area contributed by atoms with Gasteiger partial charge in [0.2, 0.25) is 0 Å². The molecular weight excluding hydrogens is 479 g/mol. The van der Waals surface area contributed by atoms with Crippen molar-refractivity contribution in [3.05, 3.63) is 57.6 Å². The van der Waals surface area contributed by atoms with Gasteiger partial charge in [-0.25, -0.2) is 4.79 Å². The summed E-state index contributed by atoms with van der Waals surface area (Å²) in [5.74, 6) is -2.41. The van der Waals surface area contributed by atoms with E-state index in [-0.39, 0.29) is 43.5 Å². The molecule has 0 aromatic heterocycles. The molecule has 0 saturated carbocycles. The molecule has 0 aliphatic carbocycles. The lowest BCUT2D eigenvalue weighted by atomic mass is 10.1. The van der Waals surface area contributed by atoms with Crippen molar-refractivity contribution in [1.82, 2.24) is 5.32 Å². The highest BCUT2D eigenvalue weighted by Gasteiger charge is 2.36. The van der Waals surface area contributed by atoms with E-state index in [4.69, 9.17) is 44.9 Å². The average molecular weight is 495 g/mol. The first-order chi connectivity index (χ1) is 15.1. The second-order valence-corrected chi connectivity index (χ2v) is 7.68.